The van der Waals surface area contributed by atoms with E-state index < -0.39 is 0 Å². The van der Waals surface area contributed by atoms with E-state index in [2.05, 4.69) is 20.8 Å². The molecule has 3 aromatic rings. The van der Waals surface area contributed by atoms with Crippen LogP contribution in [0.3, 0.4) is 0 Å². The Hall–Kier alpha value is -2.91. The normalized spacial score (nSPS) is 10.4. The van der Waals surface area contributed by atoms with Crippen LogP contribution >= 0.6 is 23.1 Å². The number of nitrogens with zero attached hydrogens (tertiary/aromatic N) is 2. The number of rotatable bonds is 7. The maximum Gasteiger partial charge on any atom is 0.257 e. The number of methoxy groups -OCH3 is 1. The number of hydrogen-bond acceptors (Lipinski definition) is 7. The summed E-state index contributed by atoms with van der Waals surface area (Å²) in [6, 6.07) is 12.6. The van der Waals surface area contributed by atoms with Gasteiger partial charge in [0.15, 0.2) is 4.34 Å². The molecule has 0 aliphatic carbocycles. The second kappa shape index (κ2) is 9.53. The van der Waals surface area contributed by atoms with Crippen molar-refractivity contribution in [3.05, 3.63) is 59.2 Å². The summed E-state index contributed by atoms with van der Waals surface area (Å²) in [4.78, 5) is 24.4. The standard InChI is InChI=1S/C20H20N4O3S2/c1-12-4-5-14(10-13(12)2)18(26)22-19-23-24-20(29-19)28-11-17(25)21-15-6-8-16(27-3)9-7-15/h4-10H,11H2,1-3H3,(H,21,25)(H,22,23,26). The quantitative estimate of drug-likeness (QED) is 0.434. The lowest BCUT2D eigenvalue weighted by Crippen LogP contribution is -2.13. The summed E-state index contributed by atoms with van der Waals surface area (Å²) in [6.07, 6.45) is 0. The molecule has 0 bridgehead atoms. The Labute approximate surface area is 176 Å². The zero-order valence-corrected chi connectivity index (χ0v) is 17.8. The third-order valence-corrected chi connectivity index (χ3v) is 6.07. The van der Waals surface area contributed by atoms with Crippen molar-refractivity contribution >= 4 is 45.7 Å². The SMILES string of the molecule is COc1ccc(NC(=O)CSc2nnc(NC(=O)c3ccc(C)c(C)c3)s2)cc1. The molecule has 150 valence electrons. The van der Waals surface area contributed by atoms with Crippen LogP contribution < -0.4 is 15.4 Å². The van der Waals surface area contributed by atoms with Crippen LogP contribution in [0.15, 0.2) is 46.8 Å². The zero-order valence-electron chi connectivity index (χ0n) is 16.2. The summed E-state index contributed by atoms with van der Waals surface area (Å²) in [5.74, 6) is 0.516. The number of amides is 2. The summed E-state index contributed by atoms with van der Waals surface area (Å²) in [7, 11) is 1.59. The molecule has 1 aromatic heterocycles. The Morgan fingerprint density at radius 1 is 1.03 bits per heavy atom. The molecule has 0 fully saturated rings. The van der Waals surface area contributed by atoms with Crippen LogP contribution in [0, 0.1) is 13.8 Å². The fraction of sp³-hybridized carbons (Fsp3) is 0.200. The molecule has 0 unspecified atom stereocenters. The molecule has 0 saturated carbocycles. The van der Waals surface area contributed by atoms with Gasteiger partial charge in [-0.15, -0.1) is 10.2 Å². The van der Waals surface area contributed by atoms with Crippen LogP contribution in [0.1, 0.15) is 21.5 Å². The molecule has 7 nitrogen and oxygen atoms in total. The number of anilines is 2. The average Bonchev–Trinajstić information content (AvgIpc) is 3.16. The van der Waals surface area contributed by atoms with Gasteiger partial charge in [0.2, 0.25) is 11.0 Å². The fourth-order valence-electron chi connectivity index (χ4n) is 2.37. The maximum atomic E-state index is 12.3. The number of carbonyl (C=O) groups is 2. The van der Waals surface area contributed by atoms with Crippen LogP contribution in [0.5, 0.6) is 5.75 Å². The fourth-order valence-corrected chi connectivity index (χ4v) is 3.92. The minimum atomic E-state index is -0.238. The number of nitrogens with one attached hydrogen (secondary N) is 2. The highest BCUT2D eigenvalue weighted by atomic mass is 32.2. The van der Waals surface area contributed by atoms with Gasteiger partial charge in [0, 0.05) is 11.3 Å². The Bertz CT molecular complexity index is 1020. The van der Waals surface area contributed by atoms with Gasteiger partial charge in [0.05, 0.1) is 12.9 Å². The van der Waals surface area contributed by atoms with Crippen LogP contribution in [-0.4, -0.2) is 34.9 Å². The number of hydrogen-bond donors (Lipinski definition) is 2. The summed E-state index contributed by atoms with van der Waals surface area (Å²) in [5.41, 5.74) is 3.43. The Kier molecular flexibility index (Phi) is 6.84. The Morgan fingerprint density at radius 3 is 2.48 bits per heavy atom. The topological polar surface area (TPSA) is 93.2 Å². The molecule has 2 N–H and O–H groups in total. The van der Waals surface area contributed by atoms with Gasteiger partial charge >= 0.3 is 0 Å². The molecule has 3 rings (SSSR count). The molecule has 2 amide bonds. The molecular weight excluding hydrogens is 408 g/mol. The van der Waals surface area contributed by atoms with E-state index in [1.807, 2.05) is 26.0 Å². The van der Waals surface area contributed by atoms with Crippen LogP contribution in [0.4, 0.5) is 10.8 Å². The predicted molar refractivity (Wildman–Crippen MR) is 116 cm³/mol. The molecule has 1 heterocycles. The highest BCUT2D eigenvalue weighted by Gasteiger charge is 2.12. The van der Waals surface area contributed by atoms with Gasteiger partial charge in [0.25, 0.3) is 5.91 Å². The van der Waals surface area contributed by atoms with Crippen LogP contribution in [-0.2, 0) is 4.79 Å². The van der Waals surface area contributed by atoms with E-state index in [-0.39, 0.29) is 17.6 Å². The number of aryl methyl sites for hydroxylation is 2. The lowest BCUT2D eigenvalue weighted by molar-refractivity contribution is -0.113. The minimum absolute atomic E-state index is 0.156. The highest BCUT2D eigenvalue weighted by Crippen LogP contribution is 2.26. The van der Waals surface area contributed by atoms with Gasteiger partial charge in [-0.05, 0) is 61.4 Å². The van der Waals surface area contributed by atoms with Crippen LogP contribution in [0.2, 0.25) is 0 Å². The highest BCUT2D eigenvalue weighted by molar-refractivity contribution is 8.01. The third-order valence-electron chi connectivity index (χ3n) is 4.10. The number of thioether (sulfide) groups is 1. The number of aromatic nitrogens is 2. The number of ether oxygens (including phenoxy) is 1. The Morgan fingerprint density at radius 2 is 1.79 bits per heavy atom. The first kappa shape index (κ1) is 20.8. The van der Waals surface area contributed by atoms with Crippen molar-refractivity contribution in [2.45, 2.75) is 18.2 Å². The van der Waals surface area contributed by atoms with Gasteiger partial charge < -0.3 is 10.1 Å². The molecule has 0 aliphatic heterocycles. The molecule has 0 atom stereocenters. The van der Waals surface area contributed by atoms with Gasteiger partial charge in [-0.25, -0.2) is 0 Å². The first-order valence-electron chi connectivity index (χ1n) is 8.73. The molecule has 0 radical (unpaired) electrons. The van der Waals surface area contributed by atoms with Gasteiger partial charge in [-0.1, -0.05) is 29.2 Å². The molecule has 0 spiro atoms. The summed E-state index contributed by atoms with van der Waals surface area (Å²) >= 11 is 2.49. The average molecular weight is 429 g/mol. The van der Waals surface area contributed by atoms with Gasteiger partial charge in [0.1, 0.15) is 5.75 Å². The molecule has 9 heteroatoms. The summed E-state index contributed by atoms with van der Waals surface area (Å²) < 4.78 is 5.69. The summed E-state index contributed by atoms with van der Waals surface area (Å²) in [6.45, 7) is 3.96. The van der Waals surface area contributed by atoms with Crippen molar-refractivity contribution in [3.8, 4) is 5.75 Å². The Balaban J connectivity index is 1.51. The molecule has 0 saturated heterocycles. The molecule has 2 aromatic carbocycles. The minimum Gasteiger partial charge on any atom is -0.497 e. The van der Waals surface area contributed by atoms with Crippen molar-refractivity contribution < 1.29 is 14.3 Å². The second-order valence-electron chi connectivity index (χ2n) is 6.19. The lowest BCUT2D eigenvalue weighted by Gasteiger charge is -2.05. The van der Waals surface area contributed by atoms with Crippen molar-refractivity contribution in [1.29, 1.82) is 0 Å². The largest absolute Gasteiger partial charge is 0.497 e. The van der Waals surface area contributed by atoms with Gasteiger partial charge in [-0.3, -0.25) is 14.9 Å². The molecule has 29 heavy (non-hydrogen) atoms. The smallest absolute Gasteiger partial charge is 0.257 e. The monoisotopic (exact) mass is 428 g/mol. The van der Waals surface area contributed by atoms with E-state index >= 15 is 0 Å². The predicted octanol–water partition coefficient (Wildman–Crippen LogP) is 4.15. The van der Waals surface area contributed by atoms with Crippen molar-refractivity contribution in [1.82, 2.24) is 10.2 Å². The first-order valence-corrected chi connectivity index (χ1v) is 10.5. The van der Waals surface area contributed by atoms with E-state index in [0.717, 1.165) is 16.9 Å². The summed E-state index contributed by atoms with van der Waals surface area (Å²) in [5, 5.41) is 13.9. The maximum absolute atomic E-state index is 12.3. The van der Waals surface area contributed by atoms with E-state index in [0.29, 0.717) is 20.7 Å². The molecule has 0 aliphatic rings. The van der Waals surface area contributed by atoms with E-state index in [4.69, 9.17) is 4.74 Å². The first-order chi connectivity index (χ1) is 13.9. The number of carbonyl (C=O) groups excluding carboxylic acids is 2. The number of benzene rings is 2. The lowest BCUT2D eigenvalue weighted by atomic mass is 10.1. The second-order valence-corrected chi connectivity index (χ2v) is 8.39. The van der Waals surface area contributed by atoms with Gasteiger partial charge in [-0.2, -0.15) is 0 Å². The zero-order chi connectivity index (χ0) is 20.8. The van der Waals surface area contributed by atoms with E-state index in [9.17, 15) is 9.59 Å². The van der Waals surface area contributed by atoms with Crippen molar-refractivity contribution in [2.75, 3.05) is 23.5 Å². The third kappa shape index (κ3) is 5.78. The van der Waals surface area contributed by atoms with Crippen LogP contribution in [0.25, 0.3) is 0 Å². The van der Waals surface area contributed by atoms with Crippen molar-refractivity contribution in [2.24, 2.45) is 0 Å². The van der Waals surface area contributed by atoms with E-state index in [1.54, 1.807) is 37.4 Å². The molecular formula is C20H20N4O3S2. The van der Waals surface area contributed by atoms with Crippen molar-refractivity contribution in [3.63, 3.8) is 0 Å². The van der Waals surface area contributed by atoms with E-state index in [1.165, 1.54) is 23.1 Å².